The standard InChI is InChI=1S/C14H28O/c1-6-12(5)15-14-9-11(4)7-8-13(14)10(2)3/h10-14H,6-9H2,1-5H3/t11-,12?,13+,14-/m1/s1. The fourth-order valence-corrected chi connectivity index (χ4v) is 2.67. The van der Waals surface area contributed by atoms with Crippen molar-refractivity contribution >= 4 is 0 Å². The molecule has 1 unspecified atom stereocenters. The number of hydrogen-bond donors (Lipinski definition) is 0. The summed E-state index contributed by atoms with van der Waals surface area (Å²) in [6.07, 6.45) is 6.11. The topological polar surface area (TPSA) is 9.23 Å². The number of ether oxygens (including phenoxy) is 1. The van der Waals surface area contributed by atoms with Crippen molar-refractivity contribution in [3.8, 4) is 0 Å². The summed E-state index contributed by atoms with van der Waals surface area (Å²) < 4.78 is 6.18. The van der Waals surface area contributed by atoms with Crippen LogP contribution in [0.15, 0.2) is 0 Å². The third kappa shape index (κ3) is 3.79. The van der Waals surface area contributed by atoms with Gasteiger partial charge in [0.2, 0.25) is 0 Å². The SMILES string of the molecule is CCC(C)O[C@@H]1C[C@H](C)CC[C@H]1C(C)C. The third-order valence-electron chi connectivity index (χ3n) is 3.94. The molecule has 0 saturated heterocycles. The van der Waals surface area contributed by atoms with Gasteiger partial charge in [-0.25, -0.2) is 0 Å². The molecule has 15 heavy (non-hydrogen) atoms. The Morgan fingerprint density at radius 1 is 1.20 bits per heavy atom. The molecule has 0 aromatic carbocycles. The average Bonchev–Trinajstić information content (AvgIpc) is 2.17. The Hall–Kier alpha value is -0.0400. The maximum Gasteiger partial charge on any atom is 0.0611 e. The summed E-state index contributed by atoms with van der Waals surface area (Å²) in [5.41, 5.74) is 0. The summed E-state index contributed by atoms with van der Waals surface area (Å²) in [7, 11) is 0. The van der Waals surface area contributed by atoms with Crippen LogP contribution in [0.25, 0.3) is 0 Å². The zero-order valence-electron chi connectivity index (χ0n) is 11.1. The van der Waals surface area contributed by atoms with Crippen molar-refractivity contribution in [2.75, 3.05) is 0 Å². The van der Waals surface area contributed by atoms with Crippen molar-refractivity contribution < 1.29 is 4.74 Å². The minimum atomic E-state index is 0.432. The lowest BCUT2D eigenvalue weighted by molar-refractivity contribution is -0.0744. The lowest BCUT2D eigenvalue weighted by atomic mass is 9.75. The van der Waals surface area contributed by atoms with Gasteiger partial charge in [0.1, 0.15) is 0 Å². The molecule has 0 bridgehead atoms. The number of rotatable bonds is 4. The Morgan fingerprint density at radius 3 is 2.40 bits per heavy atom. The van der Waals surface area contributed by atoms with Gasteiger partial charge in [0.05, 0.1) is 12.2 Å². The molecule has 0 aromatic rings. The molecule has 0 aliphatic heterocycles. The van der Waals surface area contributed by atoms with E-state index in [9.17, 15) is 0 Å². The van der Waals surface area contributed by atoms with E-state index in [2.05, 4.69) is 34.6 Å². The van der Waals surface area contributed by atoms with E-state index in [0.717, 1.165) is 24.2 Å². The predicted octanol–water partition coefficient (Wildman–Crippen LogP) is 4.26. The van der Waals surface area contributed by atoms with Crippen LogP contribution >= 0.6 is 0 Å². The number of hydrogen-bond acceptors (Lipinski definition) is 1. The van der Waals surface area contributed by atoms with Crippen LogP contribution in [-0.4, -0.2) is 12.2 Å². The molecule has 1 heteroatoms. The van der Waals surface area contributed by atoms with E-state index in [0.29, 0.717) is 12.2 Å². The zero-order valence-corrected chi connectivity index (χ0v) is 11.1. The van der Waals surface area contributed by atoms with Crippen LogP contribution in [0.4, 0.5) is 0 Å². The van der Waals surface area contributed by atoms with Gasteiger partial charge in [-0.3, -0.25) is 0 Å². The molecule has 0 amide bonds. The largest absolute Gasteiger partial charge is 0.375 e. The van der Waals surface area contributed by atoms with Crippen LogP contribution in [0.2, 0.25) is 0 Å². The minimum absolute atomic E-state index is 0.432. The predicted molar refractivity (Wildman–Crippen MR) is 66.0 cm³/mol. The zero-order chi connectivity index (χ0) is 11.4. The monoisotopic (exact) mass is 212 g/mol. The normalized spacial score (nSPS) is 34.4. The Bertz CT molecular complexity index is 176. The first kappa shape index (κ1) is 13.0. The van der Waals surface area contributed by atoms with Crippen molar-refractivity contribution in [2.24, 2.45) is 17.8 Å². The molecule has 0 aromatic heterocycles. The molecule has 0 N–H and O–H groups in total. The van der Waals surface area contributed by atoms with Crippen LogP contribution in [0, 0.1) is 17.8 Å². The van der Waals surface area contributed by atoms with E-state index in [1.165, 1.54) is 19.3 Å². The Kier molecular flexibility index (Phi) is 5.11. The van der Waals surface area contributed by atoms with Crippen LogP contribution in [-0.2, 0) is 4.74 Å². The summed E-state index contributed by atoms with van der Waals surface area (Å²) >= 11 is 0. The first-order valence-corrected chi connectivity index (χ1v) is 6.70. The Labute approximate surface area is 95.6 Å². The van der Waals surface area contributed by atoms with E-state index in [-0.39, 0.29) is 0 Å². The smallest absolute Gasteiger partial charge is 0.0611 e. The first-order chi connectivity index (χ1) is 7.04. The molecule has 1 saturated carbocycles. The van der Waals surface area contributed by atoms with Crippen molar-refractivity contribution in [3.63, 3.8) is 0 Å². The molecule has 0 spiro atoms. The van der Waals surface area contributed by atoms with Gasteiger partial charge in [-0.1, -0.05) is 34.1 Å². The molecule has 4 atom stereocenters. The summed E-state index contributed by atoms with van der Waals surface area (Å²) in [5.74, 6) is 2.41. The Morgan fingerprint density at radius 2 is 1.87 bits per heavy atom. The quantitative estimate of drug-likeness (QED) is 0.676. The van der Waals surface area contributed by atoms with E-state index in [1.807, 2.05) is 0 Å². The van der Waals surface area contributed by atoms with Crippen LogP contribution < -0.4 is 0 Å². The summed E-state index contributed by atoms with van der Waals surface area (Å²) in [6, 6.07) is 0. The average molecular weight is 212 g/mol. The highest BCUT2D eigenvalue weighted by molar-refractivity contribution is 4.81. The molecule has 0 radical (unpaired) electrons. The molecule has 1 fully saturated rings. The maximum atomic E-state index is 6.18. The fourth-order valence-electron chi connectivity index (χ4n) is 2.67. The second-order valence-corrected chi connectivity index (χ2v) is 5.72. The van der Waals surface area contributed by atoms with E-state index in [4.69, 9.17) is 4.74 Å². The molecule has 1 aliphatic rings. The van der Waals surface area contributed by atoms with Crippen molar-refractivity contribution in [1.29, 1.82) is 0 Å². The van der Waals surface area contributed by atoms with Crippen LogP contribution in [0.3, 0.4) is 0 Å². The van der Waals surface area contributed by atoms with Gasteiger partial charge in [-0.05, 0) is 43.9 Å². The van der Waals surface area contributed by atoms with Gasteiger partial charge >= 0.3 is 0 Å². The van der Waals surface area contributed by atoms with E-state index >= 15 is 0 Å². The highest BCUT2D eigenvalue weighted by Gasteiger charge is 2.31. The summed E-state index contributed by atoms with van der Waals surface area (Å²) in [4.78, 5) is 0. The van der Waals surface area contributed by atoms with Gasteiger partial charge in [0, 0.05) is 0 Å². The van der Waals surface area contributed by atoms with E-state index < -0.39 is 0 Å². The molecular weight excluding hydrogens is 184 g/mol. The molecule has 0 heterocycles. The second-order valence-electron chi connectivity index (χ2n) is 5.72. The minimum Gasteiger partial charge on any atom is -0.375 e. The molecule has 1 rings (SSSR count). The third-order valence-corrected chi connectivity index (χ3v) is 3.94. The lowest BCUT2D eigenvalue weighted by Gasteiger charge is -2.38. The second kappa shape index (κ2) is 5.89. The van der Waals surface area contributed by atoms with Crippen LogP contribution in [0.1, 0.15) is 60.3 Å². The van der Waals surface area contributed by atoms with Gasteiger partial charge in [-0.2, -0.15) is 0 Å². The van der Waals surface area contributed by atoms with Crippen molar-refractivity contribution in [3.05, 3.63) is 0 Å². The molecule has 1 aliphatic carbocycles. The molecular formula is C14H28O. The van der Waals surface area contributed by atoms with Crippen molar-refractivity contribution in [2.45, 2.75) is 72.5 Å². The highest BCUT2D eigenvalue weighted by Crippen LogP contribution is 2.35. The highest BCUT2D eigenvalue weighted by atomic mass is 16.5. The Balaban J connectivity index is 2.54. The molecule has 1 nitrogen and oxygen atoms in total. The van der Waals surface area contributed by atoms with Gasteiger partial charge in [0.15, 0.2) is 0 Å². The molecule has 90 valence electrons. The van der Waals surface area contributed by atoms with Gasteiger partial charge in [-0.15, -0.1) is 0 Å². The van der Waals surface area contributed by atoms with Gasteiger partial charge in [0.25, 0.3) is 0 Å². The van der Waals surface area contributed by atoms with Crippen LogP contribution in [0.5, 0.6) is 0 Å². The van der Waals surface area contributed by atoms with E-state index in [1.54, 1.807) is 0 Å². The van der Waals surface area contributed by atoms with Gasteiger partial charge < -0.3 is 4.74 Å². The summed E-state index contributed by atoms with van der Waals surface area (Å²) in [5, 5.41) is 0. The van der Waals surface area contributed by atoms with Crippen molar-refractivity contribution in [1.82, 2.24) is 0 Å². The fraction of sp³-hybridized carbons (Fsp3) is 1.00. The lowest BCUT2D eigenvalue weighted by Crippen LogP contribution is -2.36. The summed E-state index contributed by atoms with van der Waals surface area (Å²) in [6.45, 7) is 11.5. The first-order valence-electron chi connectivity index (χ1n) is 6.70. The maximum absolute atomic E-state index is 6.18.